The molecule has 22 heavy (non-hydrogen) atoms. The van der Waals surface area contributed by atoms with Gasteiger partial charge in [-0.05, 0) is 30.3 Å². The average molecular weight is 349 g/mol. The zero-order valence-electron chi connectivity index (χ0n) is 11.6. The van der Waals surface area contributed by atoms with Crippen molar-refractivity contribution in [3.8, 4) is 0 Å². The van der Waals surface area contributed by atoms with Crippen LogP contribution in [-0.2, 0) is 4.79 Å². The van der Waals surface area contributed by atoms with E-state index in [9.17, 15) is 4.79 Å². The van der Waals surface area contributed by atoms with Gasteiger partial charge in [-0.3, -0.25) is 4.79 Å². The van der Waals surface area contributed by atoms with Gasteiger partial charge in [0.15, 0.2) is 5.13 Å². The van der Waals surface area contributed by atoms with Gasteiger partial charge >= 0.3 is 0 Å². The first-order valence-electron chi connectivity index (χ1n) is 6.74. The van der Waals surface area contributed by atoms with Crippen molar-refractivity contribution in [1.82, 2.24) is 4.98 Å². The number of carbonyl (C=O) groups excluding carboxylic acids is 1. The molecule has 0 saturated heterocycles. The Morgan fingerprint density at radius 2 is 2.05 bits per heavy atom. The molecule has 0 spiro atoms. The van der Waals surface area contributed by atoms with E-state index >= 15 is 0 Å². The SMILES string of the molecule is O=C(CCSc1ccccc1)Nc1nc2ccc(Cl)cc2s1. The quantitative estimate of drug-likeness (QED) is 0.654. The van der Waals surface area contributed by atoms with Crippen molar-refractivity contribution >= 4 is 56.0 Å². The number of hydrogen-bond donors (Lipinski definition) is 1. The number of nitrogens with zero attached hydrogens (tertiary/aromatic N) is 1. The molecule has 3 nitrogen and oxygen atoms in total. The fraction of sp³-hybridized carbons (Fsp3) is 0.125. The van der Waals surface area contributed by atoms with Gasteiger partial charge in [0, 0.05) is 22.1 Å². The number of amides is 1. The average Bonchev–Trinajstić information content (AvgIpc) is 2.89. The molecule has 3 rings (SSSR count). The highest BCUT2D eigenvalue weighted by molar-refractivity contribution is 7.99. The summed E-state index contributed by atoms with van der Waals surface area (Å²) in [5, 5.41) is 4.14. The Bertz CT molecular complexity index is 789. The number of thiazole rings is 1. The predicted molar refractivity (Wildman–Crippen MR) is 95.0 cm³/mol. The van der Waals surface area contributed by atoms with E-state index in [1.54, 1.807) is 17.8 Å². The fourth-order valence-corrected chi connectivity index (χ4v) is 3.94. The van der Waals surface area contributed by atoms with Crippen LogP contribution in [0.2, 0.25) is 5.02 Å². The summed E-state index contributed by atoms with van der Waals surface area (Å²) in [5.41, 5.74) is 0.850. The van der Waals surface area contributed by atoms with Crippen LogP contribution in [0.4, 0.5) is 5.13 Å². The summed E-state index contributed by atoms with van der Waals surface area (Å²) in [6, 6.07) is 15.6. The summed E-state index contributed by atoms with van der Waals surface area (Å²) >= 11 is 9.06. The molecular formula is C16H13ClN2OS2. The van der Waals surface area contributed by atoms with Gasteiger partial charge in [-0.2, -0.15) is 0 Å². The summed E-state index contributed by atoms with van der Waals surface area (Å²) in [4.78, 5) is 17.5. The number of carbonyl (C=O) groups is 1. The summed E-state index contributed by atoms with van der Waals surface area (Å²) in [5.74, 6) is 0.723. The van der Waals surface area contributed by atoms with E-state index in [-0.39, 0.29) is 5.91 Å². The second-order valence-electron chi connectivity index (χ2n) is 4.59. The largest absolute Gasteiger partial charge is 0.302 e. The molecule has 112 valence electrons. The number of rotatable bonds is 5. The van der Waals surface area contributed by atoms with Gasteiger partial charge in [-0.25, -0.2) is 4.98 Å². The van der Waals surface area contributed by atoms with Crippen LogP contribution in [0.3, 0.4) is 0 Å². The van der Waals surface area contributed by atoms with Gasteiger partial charge in [0.2, 0.25) is 5.91 Å². The Hall–Kier alpha value is -1.56. The Morgan fingerprint density at radius 1 is 1.23 bits per heavy atom. The lowest BCUT2D eigenvalue weighted by molar-refractivity contribution is -0.115. The first-order valence-corrected chi connectivity index (χ1v) is 8.92. The molecule has 6 heteroatoms. The molecule has 0 aliphatic carbocycles. The van der Waals surface area contributed by atoms with E-state index in [1.807, 2.05) is 42.5 Å². The second kappa shape index (κ2) is 7.13. The summed E-state index contributed by atoms with van der Waals surface area (Å²) in [6.45, 7) is 0. The molecule has 0 atom stereocenters. The van der Waals surface area contributed by atoms with Crippen LogP contribution in [0.15, 0.2) is 53.4 Å². The van der Waals surface area contributed by atoms with Crippen molar-refractivity contribution in [3.05, 3.63) is 53.6 Å². The third-order valence-electron chi connectivity index (χ3n) is 2.94. The molecule has 0 fully saturated rings. The van der Waals surface area contributed by atoms with E-state index in [1.165, 1.54) is 16.2 Å². The van der Waals surface area contributed by atoms with Crippen LogP contribution in [0.5, 0.6) is 0 Å². The maximum Gasteiger partial charge on any atom is 0.226 e. The minimum Gasteiger partial charge on any atom is -0.302 e. The van der Waals surface area contributed by atoms with Crippen LogP contribution in [0, 0.1) is 0 Å². The van der Waals surface area contributed by atoms with Gasteiger partial charge < -0.3 is 5.32 Å². The summed E-state index contributed by atoms with van der Waals surface area (Å²) in [7, 11) is 0. The van der Waals surface area contributed by atoms with Crippen molar-refractivity contribution in [2.75, 3.05) is 11.1 Å². The standard InChI is InChI=1S/C16H13ClN2OS2/c17-11-6-7-13-14(10-11)22-16(18-13)19-15(20)8-9-21-12-4-2-1-3-5-12/h1-7,10H,8-9H2,(H,18,19,20). The van der Waals surface area contributed by atoms with Gasteiger partial charge in [-0.15, -0.1) is 11.8 Å². The normalized spacial score (nSPS) is 10.8. The molecule has 0 saturated carbocycles. The highest BCUT2D eigenvalue weighted by Gasteiger charge is 2.08. The maximum absolute atomic E-state index is 12.0. The summed E-state index contributed by atoms with van der Waals surface area (Å²) in [6.07, 6.45) is 0.455. The van der Waals surface area contributed by atoms with Crippen LogP contribution in [-0.4, -0.2) is 16.6 Å². The Morgan fingerprint density at radius 3 is 2.86 bits per heavy atom. The molecule has 0 bridgehead atoms. The molecular weight excluding hydrogens is 336 g/mol. The zero-order chi connectivity index (χ0) is 15.4. The Balaban J connectivity index is 1.54. The van der Waals surface area contributed by atoms with Crippen molar-refractivity contribution in [2.45, 2.75) is 11.3 Å². The van der Waals surface area contributed by atoms with E-state index in [2.05, 4.69) is 10.3 Å². The van der Waals surface area contributed by atoms with Crippen LogP contribution in [0.1, 0.15) is 6.42 Å². The number of aromatic nitrogens is 1. The fourth-order valence-electron chi connectivity index (χ4n) is 1.91. The molecule has 2 aromatic carbocycles. The van der Waals surface area contributed by atoms with Crippen molar-refractivity contribution in [1.29, 1.82) is 0 Å². The van der Waals surface area contributed by atoms with E-state index in [0.29, 0.717) is 16.6 Å². The maximum atomic E-state index is 12.0. The Labute approximate surface area is 141 Å². The molecule has 1 heterocycles. The lowest BCUT2D eigenvalue weighted by atomic mass is 10.3. The smallest absolute Gasteiger partial charge is 0.226 e. The first kappa shape index (κ1) is 15.3. The molecule has 0 aliphatic heterocycles. The number of fused-ring (bicyclic) bond motifs is 1. The minimum atomic E-state index is -0.0198. The van der Waals surface area contributed by atoms with Crippen LogP contribution in [0.25, 0.3) is 10.2 Å². The number of nitrogens with one attached hydrogen (secondary N) is 1. The van der Waals surface area contributed by atoms with Gasteiger partial charge in [-0.1, -0.05) is 41.1 Å². The molecule has 1 aromatic heterocycles. The Kier molecular flexibility index (Phi) is 4.97. The number of thioether (sulfide) groups is 1. The van der Waals surface area contributed by atoms with Crippen LogP contribution < -0.4 is 5.32 Å². The molecule has 3 aromatic rings. The molecule has 1 N–H and O–H groups in total. The highest BCUT2D eigenvalue weighted by Crippen LogP contribution is 2.28. The van der Waals surface area contributed by atoms with Crippen molar-refractivity contribution in [2.24, 2.45) is 0 Å². The summed E-state index contributed by atoms with van der Waals surface area (Å²) < 4.78 is 0.974. The monoisotopic (exact) mass is 348 g/mol. The van der Waals surface area contributed by atoms with E-state index < -0.39 is 0 Å². The second-order valence-corrected chi connectivity index (χ2v) is 7.23. The zero-order valence-corrected chi connectivity index (χ0v) is 14.0. The highest BCUT2D eigenvalue weighted by atomic mass is 35.5. The number of halogens is 1. The first-order chi connectivity index (χ1) is 10.7. The number of anilines is 1. The number of hydrogen-bond acceptors (Lipinski definition) is 4. The van der Waals surface area contributed by atoms with Crippen molar-refractivity contribution in [3.63, 3.8) is 0 Å². The minimum absolute atomic E-state index is 0.0198. The van der Waals surface area contributed by atoms with E-state index in [0.717, 1.165) is 16.0 Å². The van der Waals surface area contributed by atoms with Gasteiger partial charge in [0.1, 0.15) is 0 Å². The molecule has 0 unspecified atom stereocenters. The molecule has 1 amide bonds. The lowest BCUT2D eigenvalue weighted by Crippen LogP contribution is -2.11. The lowest BCUT2D eigenvalue weighted by Gasteiger charge is -2.02. The third-order valence-corrected chi connectivity index (χ3v) is 5.12. The van der Waals surface area contributed by atoms with Gasteiger partial charge in [0.05, 0.1) is 10.2 Å². The van der Waals surface area contributed by atoms with Crippen LogP contribution >= 0.6 is 34.7 Å². The molecule has 0 aliphatic rings. The van der Waals surface area contributed by atoms with Gasteiger partial charge in [0.25, 0.3) is 0 Å². The predicted octanol–water partition coefficient (Wildman–Crippen LogP) is 5.07. The molecule has 0 radical (unpaired) electrons. The van der Waals surface area contributed by atoms with E-state index in [4.69, 9.17) is 11.6 Å². The number of benzene rings is 2. The third kappa shape index (κ3) is 4.00. The van der Waals surface area contributed by atoms with Crippen molar-refractivity contribution < 1.29 is 4.79 Å². The topological polar surface area (TPSA) is 42.0 Å².